The van der Waals surface area contributed by atoms with E-state index in [0.29, 0.717) is 19.0 Å². The van der Waals surface area contributed by atoms with Crippen LogP contribution in [0.25, 0.3) is 0 Å². The Morgan fingerprint density at radius 2 is 2.27 bits per heavy atom. The van der Waals surface area contributed by atoms with Gasteiger partial charge in [-0.15, -0.1) is 11.3 Å². The van der Waals surface area contributed by atoms with Gasteiger partial charge in [-0.1, -0.05) is 0 Å². The smallest absolute Gasteiger partial charge is 0.244 e. The molecule has 140 valence electrons. The number of carbonyl (C=O) groups is 1. The lowest BCUT2D eigenvalue weighted by Gasteiger charge is -2.20. The number of aromatic nitrogens is 3. The minimum atomic E-state index is 0.0783. The van der Waals surface area contributed by atoms with E-state index in [4.69, 9.17) is 4.98 Å². The fourth-order valence-corrected chi connectivity index (χ4v) is 5.02. The van der Waals surface area contributed by atoms with Gasteiger partial charge >= 0.3 is 0 Å². The summed E-state index contributed by atoms with van der Waals surface area (Å²) in [7, 11) is 1.86. The molecule has 1 atom stereocenters. The van der Waals surface area contributed by atoms with Gasteiger partial charge in [0, 0.05) is 30.6 Å². The molecule has 6 nitrogen and oxygen atoms in total. The van der Waals surface area contributed by atoms with Crippen molar-refractivity contribution in [1.29, 1.82) is 0 Å². The van der Waals surface area contributed by atoms with Crippen LogP contribution in [-0.2, 0) is 30.7 Å². The summed E-state index contributed by atoms with van der Waals surface area (Å²) >= 11 is 1.78. The summed E-state index contributed by atoms with van der Waals surface area (Å²) in [6.45, 7) is 2.97. The van der Waals surface area contributed by atoms with Crippen molar-refractivity contribution >= 4 is 17.2 Å². The Morgan fingerprint density at radius 3 is 3.08 bits per heavy atom. The number of thiazole rings is 1. The molecule has 1 saturated heterocycles. The van der Waals surface area contributed by atoms with Gasteiger partial charge in [0.1, 0.15) is 11.6 Å². The van der Waals surface area contributed by atoms with Crippen LogP contribution in [0.1, 0.15) is 52.9 Å². The van der Waals surface area contributed by atoms with Crippen LogP contribution in [0, 0.1) is 0 Å². The molecule has 2 aliphatic rings. The topological polar surface area (TPSA) is 63.1 Å². The Hall–Kier alpha value is -1.73. The molecule has 7 heteroatoms. The van der Waals surface area contributed by atoms with Crippen LogP contribution in [-0.4, -0.2) is 45.7 Å². The monoisotopic (exact) mass is 373 g/mol. The first-order valence-corrected chi connectivity index (χ1v) is 10.5. The van der Waals surface area contributed by atoms with Gasteiger partial charge in [-0.2, -0.15) is 5.10 Å². The highest BCUT2D eigenvalue weighted by molar-refractivity contribution is 7.11. The quantitative estimate of drug-likeness (QED) is 0.874. The molecule has 1 aliphatic carbocycles. The molecule has 3 heterocycles. The van der Waals surface area contributed by atoms with E-state index in [1.807, 2.05) is 13.2 Å². The van der Waals surface area contributed by atoms with Crippen LogP contribution in [0.5, 0.6) is 0 Å². The number of likely N-dealkylation sites (N-methyl/N-ethyl adjacent to an activating group) is 1. The largest absolute Gasteiger partial charge is 0.337 e. The van der Waals surface area contributed by atoms with Crippen LogP contribution in [0.2, 0.25) is 0 Å². The zero-order chi connectivity index (χ0) is 17.9. The summed E-state index contributed by atoms with van der Waals surface area (Å²) in [5.41, 5.74) is 2.36. The van der Waals surface area contributed by atoms with Crippen molar-refractivity contribution in [3.8, 4) is 0 Å². The molecule has 1 amide bonds. The SMILES string of the molecule is CN(Cc1nc2c(s1)CCCC2)C(=O)Cn1ccc([C@@H]2CCCNC2)n1. The Balaban J connectivity index is 1.34. The first-order valence-electron chi connectivity index (χ1n) is 9.64. The van der Waals surface area contributed by atoms with Crippen LogP contribution in [0.4, 0.5) is 0 Å². The highest BCUT2D eigenvalue weighted by Crippen LogP contribution is 2.27. The summed E-state index contributed by atoms with van der Waals surface area (Å²) < 4.78 is 1.77. The van der Waals surface area contributed by atoms with Crippen molar-refractivity contribution in [2.24, 2.45) is 0 Å². The number of aryl methyl sites for hydroxylation is 2. The Labute approximate surface area is 158 Å². The maximum atomic E-state index is 12.6. The fraction of sp³-hybridized carbons (Fsp3) is 0.632. The Bertz CT molecular complexity index is 738. The van der Waals surface area contributed by atoms with E-state index in [1.165, 1.54) is 36.3 Å². The summed E-state index contributed by atoms with van der Waals surface area (Å²) in [6, 6.07) is 2.06. The average Bonchev–Trinajstić information content (AvgIpc) is 3.28. The summed E-state index contributed by atoms with van der Waals surface area (Å²) in [5.74, 6) is 0.550. The van der Waals surface area contributed by atoms with Crippen LogP contribution < -0.4 is 5.32 Å². The maximum absolute atomic E-state index is 12.6. The van der Waals surface area contributed by atoms with Gasteiger partial charge in [-0.25, -0.2) is 4.98 Å². The highest BCUT2D eigenvalue weighted by Gasteiger charge is 2.20. The van der Waals surface area contributed by atoms with Gasteiger partial charge in [0.05, 0.1) is 17.9 Å². The van der Waals surface area contributed by atoms with E-state index < -0.39 is 0 Å². The number of nitrogens with zero attached hydrogens (tertiary/aromatic N) is 4. The van der Waals surface area contributed by atoms with Crippen molar-refractivity contribution in [2.75, 3.05) is 20.1 Å². The normalized spacial score (nSPS) is 20.0. The lowest BCUT2D eigenvalue weighted by atomic mass is 9.97. The molecule has 0 saturated carbocycles. The number of piperidine rings is 1. The zero-order valence-corrected chi connectivity index (χ0v) is 16.2. The van der Waals surface area contributed by atoms with Gasteiger partial charge in [0.15, 0.2) is 0 Å². The molecular formula is C19H27N5OS. The first-order chi connectivity index (χ1) is 12.7. The van der Waals surface area contributed by atoms with E-state index >= 15 is 0 Å². The molecule has 1 N–H and O–H groups in total. The Morgan fingerprint density at radius 1 is 1.38 bits per heavy atom. The van der Waals surface area contributed by atoms with E-state index in [9.17, 15) is 4.79 Å². The maximum Gasteiger partial charge on any atom is 0.244 e. The Kier molecular flexibility index (Phi) is 5.36. The van der Waals surface area contributed by atoms with Gasteiger partial charge < -0.3 is 10.2 Å². The van der Waals surface area contributed by atoms with Crippen molar-refractivity contribution in [2.45, 2.75) is 57.5 Å². The van der Waals surface area contributed by atoms with Crippen LogP contribution in [0.15, 0.2) is 12.3 Å². The lowest BCUT2D eigenvalue weighted by molar-refractivity contribution is -0.131. The number of nitrogens with one attached hydrogen (secondary N) is 1. The van der Waals surface area contributed by atoms with Gasteiger partial charge in [0.25, 0.3) is 0 Å². The van der Waals surface area contributed by atoms with E-state index in [2.05, 4.69) is 16.5 Å². The molecule has 0 bridgehead atoms. The summed E-state index contributed by atoms with van der Waals surface area (Å²) in [4.78, 5) is 20.5. The standard InChI is InChI=1S/C19H27N5OS/c1-23(12-18-21-16-6-2-3-7-17(16)26-18)19(25)13-24-10-8-15(22-24)14-5-4-9-20-11-14/h8,10,14,20H,2-7,9,11-13H2,1H3/t14-/m1/s1. The molecule has 0 spiro atoms. The zero-order valence-electron chi connectivity index (χ0n) is 15.4. The molecule has 0 unspecified atom stereocenters. The van der Waals surface area contributed by atoms with E-state index in [0.717, 1.165) is 36.6 Å². The van der Waals surface area contributed by atoms with E-state index in [-0.39, 0.29) is 5.91 Å². The summed E-state index contributed by atoms with van der Waals surface area (Å²) in [5, 5.41) is 9.11. The highest BCUT2D eigenvalue weighted by atomic mass is 32.1. The molecule has 2 aromatic heterocycles. The molecule has 0 aromatic carbocycles. The molecular weight excluding hydrogens is 346 g/mol. The van der Waals surface area contributed by atoms with Crippen molar-refractivity contribution in [3.63, 3.8) is 0 Å². The predicted octanol–water partition coefficient (Wildman–Crippen LogP) is 2.34. The number of fused-ring (bicyclic) bond motifs is 1. The third kappa shape index (κ3) is 3.99. The third-order valence-corrected chi connectivity index (χ3v) is 6.50. The average molecular weight is 374 g/mol. The number of hydrogen-bond donors (Lipinski definition) is 1. The molecule has 4 rings (SSSR count). The minimum Gasteiger partial charge on any atom is -0.337 e. The molecule has 1 aliphatic heterocycles. The number of hydrogen-bond acceptors (Lipinski definition) is 5. The minimum absolute atomic E-state index is 0.0783. The van der Waals surface area contributed by atoms with Crippen molar-refractivity contribution in [3.05, 3.63) is 33.5 Å². The number of amides is 1. The first kappa shape index (κ1) is 17.7. The predicted molar refractivity (Wildman–Crippen MR) is 102 cm³/mol. The van der Waals surface area contributed by atoms with Crippen LogP contribution in [0.3, 0.4) is 0 Å². The third-order valence-electron chi connectivity index (χ3n) is 5.36. The second-order valence-corrected chi connectivity index (χ2v) is 8.58. The van der Waals surface area contributed by atoms with E-state index in [1.54, 1.807) is 20.9 Å². The second-order valence-electron chi connectivity index (χ2n) is 7.42. The van der Waals surface area contributed by atoms with Gasteiger partial charge in [-0.05, 0) is 51.1 Å². The molecule has 26 heavy (non-hydrogen) atoms. The fourth-order valence-electron chi connectivity index (χ4n) is 3.81. The van der Waals surface area contributed by atoms with Crippen LogP contribution >= 0.6 is 11.3 Å². The summed E-state index contributed by atoms with van der Waals surface area (Å²) in [6.07, 6.45) is 9.04. The molecule has 1 fully saturated rings. The van der Waals surface area contributed by atoms with Crippen molar-refractivity contribution in [1.82, 2.24) is 25.0 Å². The van der Waals surface area contributed by atoms with Crippen molar-refractivity contribution < 1.29 is 4.79 Å². The second kappa shape index (κ2) is 7.88. The molecule has 2 aromatic rings. The van der Waals surface area contributed by atoms with Gasteiger partial charge in [-0.3, -0.25) is 9.48 Å². The number of carbonyl (C=O) groups excluding carboxylic acids is 1. The molecule has 0 radical (unpaired) electrons. The number of rotatable bonds is 5. The lowest BCUT2D eigenvalue weighted by Crippen LogP contribution is -2.30. The van der Waals surface area contributed by atoms with Gasteiger partial charge in [0.2, 0.25) is 5.91 Å².